The van der Waals surface area contributed by atoms with Gasteiger partial charge >= 0.3 is 0 Å². The van der Waals surface area contributed by atoms with Crippen LogP contribution in [0.1, 0.15) is 6.92 Å². The Bertz CT molecular complexity index is 471. The van der Waals surface area contributed by atoms with E-state index in [2.05, 4.69) is 65.4 Å². The van der Waals surface area contributed by atoms with E-state index in [-0.39, 0.29) is 6.17 Å². The van der Waals surface area contributed by atoms with Gasteiger partial charge in [-0.25, -0.2) is 0 Å². The number of allylic oxidation sites excluding steroid dienone is 2. The highest BCUT2D eigenvalue weighted by Gasteiger charge is 2.31. The van der Waals surface area contributed by atoms with Crippen molar-refractivity contribution in [2.45, 2.75) is 19.1 Å². The fourth-order valence-corrected chi connectivity index (χ4v) is 2.36. The van der Waals surface area contributed by atoms with Crippen molar-refractivity contribution < 1.29 is 0 Å². The smallest absolute Gasteiger partial charge is 0.119 e. The first-order valence-electron chi connectivity index (χ1n) is 5.62. The maximum absolute atomic E-state index is 4.67. The number of rotatable bonds is 1. The minimum Gasteiger partial charge on any atom is -0.338 e. The molecule has 2 atom stereocenters. The lowest BCUT2D eigenvalue weighted by molar-refractivity contribution is 0.710. The molecule has 0 N–H and O–H groups in total. The molecule has 0 radical (unpaired) electrons. The standard InChI is InChI=1S/C14H14N2/c1-11-15-13-9-5-6-10-14(13)16(11)12-7-3-2-4-8-12/h2-11,14H,1H3/t11-,14?/m1/s1. The SMILES string of the molecule is C[C@@H]1N=C2C=CC=CC2N1c1ccccc1. The van der Waals surface area contributed by atoms with Crippen LogP contribution in [0.5, 0.6) is 0 Å². The van der Waals surface area contributed by atoms with E-state index >= 15 is 0 Å². The maximum Gasteiger partial charge on any atom is 0.119 e. The molecule has 1 aliphatic heterocycles. The topological polar surface area (TPSA) is 15.6 Å². The molecule has 0 saturated heterocycles. The van der Waals surface area contributed by atoms with Crippen LogP contribution in [0.25, 0.3) is 0 Å². The van der Waals surface area contributed by atoms with Crippen LogP contribution in [0.15, 0.2) is 59.6 Å². The van der Waals surface area contributed by atoms with Gasteiger partial charge in [0, 0.05) is 5.69 Å². The third-order valence-electron chi connectivity index (χ3n) is 3.07. The minimum absolute atomic E-state index is 0.217. The summed E-state index contributed by atoms with van der Waals surface area (Å²) in [6.45, 7) is 2.14. The first-order chi connectivity index (χ1) is 7.86. The predicted octanol–water partition coefficient (Wildman–Crippen LogP) is 2.79. The molecule has 2 nitrogen and oxygen atoms in total. The first-order valence-corrected chi connectivity index (χ1v) is 5.62. The summed E-state index contributed by atoms with van der Waals surface area (Å²) in [6.07, 6.45) is 8.67. The highest BCUT2D eigenvalue weighted by atomic mass is 15.3. The van der Waals surface area contributed by atoms with Gasteiger partial charge in [0.25, 0.3) is 0 Å². The Morgan fingerprint density at radius 1 is 1.12 bits per heavy atom. The van der Waals surface area contributed by atoms with Gasteiger partial charge in [-0.2, -0.15) is 0 Å². The lowest BCUT2D eigenvalue weighted by Crippen LogP contribution is -2.38. The Kier molecular flexibility index (Phi) is 2.13. The molecule has 3 rings (SSSR count). The largest absolute Gasteiger partial charge is 0.338 e. The van der Waals surface area contributed by atoms with E-state index in [0.717, 1.165) is 0 Å². The molecule has 1 aromatic rings. The molecular weight excluding hydrogens is 196 g/mol. The lowest BCUT2D eigenvalue weighted by atomic mass is 10.1. The van der Waals surface area contributed by atoms with Gasteiger partial charge in [0.05, 0.1) is 11.8 Å². The van der Waals surface area contributed by atoms with Crippen molar-refractivity contribution >= 4 is 11.4 Å². The second kappa shape index (κ2) is 3.63. The molecule has 1 aromatic carbocycles. The lowest BCUT2D eigenvalue weighted by Gasteiger charge is -2.29. The number of benzene rings is 1. The monoisotopic (exact) mass is 210 g/mol. The molecule has 0 saturated carbocycles. The molecule has 1 heterocycles. The molecule has 2 heteroatoms. The summed E-state index contributed by atoms with van der Waals surface area (Å²) in [7, 11) is 0. The summed E-state index contributed by atoms with van der Waals surface area (Å²) in [4.78, 5) is 7.02. The summed E-state index contributed by atoms with van der Waals surface area (Å²) >= 11 is 0. The second-order valence-corrected chi connectivity index (χ2v) is 4.12. The van der Waals surface area contributed by atoms with Crippen LogP contribution in [0.3, 0.4) is 0 Å². The predicted molar refractivity (Wildman–Crippen MR) is 67.9 cm³/mol. The van der Waals surface area contributed by atoms with Crippen molar-refractivity contribution in [1.29, 1.82) is 0 Å². The number of fused-ring (bicyclic) bond motifs is 1. The van der Waals surface area contributed by atoms with Crippen LogP contribution in [-0.4, -0.2) is 17.9 Å². The maximum atomic E-state index is 4.67. The van der Waals surface area contributed by atoms with Gasteiger partial charge in [0.2, 0.25) is 0 Å². The van der Waals surface area contributed by atoms with Gasteiger partial charge in [-0.1, -0.05) is 36.4 Å². The number of nitrogens with zero attached hydrogens (tertiary/aromatic N) is 2. The number of hydrogen-bond acceptors (Lipinski definition) is 2. The fraction of sp³-hybridized carbons (Fsp3) is 0.214. The summed E-state index contributed by atoms with van der Waals surface area (Å²) in [6, 6.07) is 10.8. The molecule has 0 aromatic heterocycles. The summed E-state index contributed by atoms with van der Waals surface area (Å²) < 4.78 is 0. The number of hydrogen-bond donors (Lipinski definition) is 0. The second-order valence-electron chi connectivity index (χ2n) is 4.12. The third kappa shape index (κ3) is 1.38. The van der Waals surface area contributed by atoms with Crippen molar-refractivity contribution in [1.82, 2.24) is 0 Å². The zero-order chi connectivity index (χ0) is 11.0. The van der Waals surface area contributed by atoms with Crippen LogP contribution < -0.4 is 4.90 Å². The third-order valence-corrected chi connectivity index (χ3v) is 3.07. The molecule has 1 aliphatic carbocycles. The molecular formula is C14H14N2. The van der Waals surface area contributed by atoms with Crippen molar-refractivity contribution in [3.63, 3.8) is 0 Å². The van der Waals surface area contributed by atoms with Crippen LogP contribution in [-0.2, 0) is 0 Å². The quantitative estimate of drug-likeness (QED) is 0.696. The van der Waals surface area contributed by atoms with Gasteiger partial charge in [-0.05, 0) is 25.1 Å². The van der Waals surface area contributed by atoms with Gasteiger partial charge in [0.15, 0.2) is 0 Å². The van der Waals surface area contributed by atoms with E-state index in [1.165, 1.54) is 11.4 Å². The van der Waals surface area contributed by atoms with Gasteiger partial charge in [-0.3, -0.25) is 4.99 Å². The Morgan fingerprint density at radius 3 is 2.75 bits per heavy atom. The van der Waals surface area contributed by atoms with Gasteiger partial charge in [-0.15, -0.1) is 0 Å². The van der Waals surface area contributed by atoms with Crippen molar-refractivity contribution in [3.05, 3.63) is 54.6 Å². The van der Waals surface area contributed by atoms with Crippen LogP contribution >= 0.6 is 0 Å². The summed E-state index contributed by atoms with van der Waals surface area (Å²) in [5.41, 5.74) is 2.40. The van der Waals surface area contributed by atoms with E-state index < -0.39 is 0 Å². The Hall–Kier alpha value is -1.83. The fourth-order valence-electron chi connectivity index (χ4n) is 2.36. The number of anilines is 1. The molecule has 80 valence electrons. The zero-order valence-electron chi connectivity index (χ0n) is 9.25. The van der Waals surface area contributed by atoms with E-state index in [1.807, 2.05) is 6.07 Å². The molecule has 0 spiro atoms. The average molecular weight is 210 g/mol. The molecule has 2 aliphatic rings. The van der Waals surface area contributed by atoms with Gasteiger partial charge in [0.1, 0.15) is 6.17 Å². The number of para-hydroxylation sites is 1. The van der Waals surface area contributed by atoms with Crippen LogP contribution in [0.2, 0.25) is 0 Å². The van der Waals surface area contributed by atoms with Crippen molar-refractivity contribution in [2.24, 2.45) is 4.99 Å². The Balaban J connectivity index is 1.99. The Labute approximate surface area is 95.6 Å². The summed E-state index contributed by atoms with van der Waals surface area (Å²) in [5, 5.41) is 0. The van der Waals surface area contributed by atoms with Crippen molar-refractivity contribution in [2.75, 3.05) is 4.90 Å². The van der Waals surface area contributed by atoms with Gasteiger partial charge < -0.3 is 4.90 Å². The molecule has 16 heavy (non-hydrogen) atoms. The first kappa shape index (κ1) is 9.40. The normalized spacial score (nSPS) is 26.8. The average Bonchev–Trinajstić information content (AvgIpc) is 2.66. The highest BCUT2D eigenvalue weighted by molar-refractivity contribution is 6.05. The van der Waals surface area contributed by atoms with E-state index in [9.17, 15) is 0 Å². The zero-order valence-corrected chi connectivity index (χ0v) is 9.25. The van der Waals surface area contributed by atoms with Crippen molar-refractivity contribution in [3.8, 4) is 0 Å². The molecule has 1 unspecified atom stereocenters. The summed E-state index contributed by atoms with van der Waals surface area (Å²) in [5.74, 6) is 0. The van der Waals surface area contributed by atoms with Crippen LogP contribution in [0.4, 0.5) is 5.69 Å². The van der Waals surface area contributed by atoms with Crippen LogP contribution in [0, 0.1) is 0 Å². The molecule has 0 amide bonds. The molecule has 0 bridgehead atoms. The minimum atomic E-state index is 0.217. The Morgan fingerprint density at radius 2 is 1.94 bits per heavy atom. The van der Waals surface area contributed by atoms with E-state index in [0.29, 0.717) is 6.04 Å². The highest BCUT2D eigenvalue weighted by Crippen LogP contribution is 2.28. The number of aliphatic imine (C=N–C) groups is 1. The van der Waals surface area contributed by atoms with E-state index in [1.54, 1.807) is 0 Å². The molecule has 0 fully saturated rings. The van der Waals surface area contributed by atoms with E-state index in [4.69, 9.17) is 0 Å².